The van der Waals surface area contributed by atoms with Gasteiger partial charge >= 0.3 is 0 Å². The molecule has 3 heteroatoms. The maximum atomic E-state index is 3.54. The molecule has 0 fully saturated rings. The summed E-state index contributed by atoms with van der Waals surface area (Å²) in [6.07, 6.45) is 1.26. The zero-order valence-electron chi connectivity index (χ0n) is 12.9. The summed E-state index contributed by atoms with van der Waals surface area (Å²) in [7, 11) is 4.34. The molecule has 0 aliphatic heterocycles. The van der Waals surface area contributed by atoms with Gasteiger partial charge in [-0.1, -0.05) is 13.8 Å². The fourth-order valence-electron chi connectivity index (χ4n) is 1.82. The van der Waals surface area contributed by atoms with Gasteiger partial charge in [0.05, 0.1) is 0 Å². The van der Waals surface area contributed by atoms with E-state index < -0.39 is 0 Å². The largest absolute Gasteiger partial charge is 0.314 e. The molecule has 0 aromatic carbocycles. The van der Waals surface area contributed by atoms with Crippen molar-refractivity contribution in [2.24, 2.45) is 5.92 Å². The van der Waals surface area contributed by atoms with Gasteiger partial charge in [0.1, 0.15) is 0 Å². The minimum absolute atomic E-state index is 0.223. The third kappa shape index (κ3) is 10.7. The number of hydrogen-bond acceptors (Lipinski definition) is 3. The molecule has 0 saturated carbocycles. The monoisotopic (exact) mass is 243 g/mol. The van der Waals surface area contributed by atoms with Gasteiger partial charge in [-0.15, -0.1) is 0 Å². The first-order valence-electron chi connectivity index (χ1n) is 6.84. The van der Waals surface area contributed by atoms with Gasteiger partial charge in [0.25, 0.3) is 0 Å². The van der Waals surface area contributed by atoms with Gasteiger partial charge in [0.2, 0.25) is 0 Å². The van der Waals surface area contributed by atoms with Crippen LogP contribution < -0.4 is 10.6 Å². The van der Waals surface area contributed by atoms with Crippen molar-refractivity contribution in [2.45, 2.75) is 52.6 Å². The smallest absolute Gasteiger partial charge is 0.0216 e. The van der Waals surface area contributed by atoms with Crippen molar-refractivity contribution in [3.63, 3.8) is 0 Å². The van der Waals surface area contributed by atoms with Crippen LogP contribution in [0.3, 0.4) is 0 Å². The molecule has 0 amide bonds. The van der Waals surface area contributed by atoms with Gasteiger partial charge in [0, 0.05) is 31.2 Å². The molecule has 104 valence electrons. The van der Waals surface area contributed by atoms with Crippen LogP contribution in [-0.4, -0.2) is 50.2 Å². The lowest BCUT2D eigenvalue weighted by molar-refractivity contribution is 0.246. The highest BCUT2D eigenvalue weighted by molar-refractivity contribution is 4.73. The zero-order chi connectivity index (χ0) is 13.5. The first kappa shape index (κ1) is 16.9. The van der Waals surface area contributed by atoms with Gasteiger partial charge in [-0.2, -0.15) is 0 Å². The molecule has 17 heavy (non-hydrogen) atoms. The Kier molecular flexibility index (Phi) is 8.01. The van der Waals surface area contributed by atoms with Crippen molar-refractivity contribution >= 4 is 0 Å². The zero-order valence-corrected chi connectivity index (χ0v) is 12.9. The predicted molar refractivity (Wildman–Crippen MR) is 77.6 cm³/mol. The molecule has 0 rings (SSSR count). The fraction of sp³-hybridized carbons (Fsp3) is 1.00. The Balaban J connectivity index is 3.69. The van der Waals surface area contributed by atoms with E-state index >= 15 is 0 Å². The molecule has 0 heterocycles. The molecule has 1 unspecified atom stereocenters. The van der Waals surface area contributed by atoms with Gasteiger partial charge in [0.15, 0.2) is 0 Å². The molecule has 0 aromatic rings. The third-order valence-corrected chi connectivity index (χ3v) is 2.81. The Morgan fingerprint density at radius 1 is 1.06 bits per heavy atom. The molecule has 0 aliphatic carbocycles. The Morgan fingerprint density at radius 2 is 1.65 bits per heavy atom. The predicted octanol–water partition coefficient (Wildman–Crippen LogP) is 1.94. The van der Waals surface area contributed by atoms with Gasteiger partial charge in [-0.05, 0) is 47.2 Å². The van der Waals surface area contributed by atoms with Crippen molar-refractivity contribution < 1.29 is 0 Å². The summed E-state index contributed by atoms with van der Waals surface area (Å²) in [6, 6.07) is 0.643. The van der Waals surface area contributed by atoms with Gasteiger partial charge < -0.3 is 15.5 Å². The lowest BCUT2D eigenvalue weighted by Crippen LogP contribution is -2.43. The molecule has 3 nitrogen and oxygen atoms in total. The van der Waals surface area contributed by atoms with E-state index in [0.29, 0.717) is 6.04 Å². The van der Waals surface area contributed by atoms with Crippen molar-refractivity contribution in [2.75, 3.05) is 33.7 Å². The molecule has 0 aromatic heterocycles. The Bertz CT molecular complexity index is 182. The first-order valence-corrected chi connectivity index (χ1v) is 6.84. The van der Waals surface area contributed by atoms with Crippen molar-refractivity contribution in [1.82, 2.24) is 15.5 Å². The second kappa shape index (κ2) is 8.06. The lowest BCUT2D eigenvalue weighted by atomic mass is 10.0. The van der Waals surface area contributed by atoms with E-state index in [2.05, 4.69) is 64.2 Å². The van der Waals surface area contributed by atoms with E-state index in [1.807, 2.05) is 0 Å². The maximum Gasteiger partial charge on any atom is 0.0216 e. The van der Waals surface area contributed by atoms with Crippen LogP contribution in [-0.2, 0) is 0 Å². The summed E-state index contributed by atoms with van der Waals surface area (Å²) < 4.78 is 0. The van der Waals surface area contributed by atoms with Gasteiger partial charge in [-0.3, -0.25) is 0 Å². The lowest BCUT2D eigenvalue weighted by Gasteiger charge is -2.27. The number of nitrogens with one attached hydrogen (secondary N) is 2. The minimum atomic E-state index is 0.223. The molecular weight excluding hydrogens is 210 g/mol. The third-order valence-electron chi connectivity index (χ3n) is 2.81. The quantitative estimate of drug-likeness (QED) is 0.638. The Morgan fingerprint density at radius 3 is 2.06 bits per heavy atom. The highest BCUT2D eigenvalue weighted by Gasteiger charge is 2.13. The fourth-order valence-corrected chi connectivity index (χ4v) is 1.82. The van der Waals surface area contributed by atoms with E-state index in [-0.39, 0.29) is 5.54 Å². The van der Waals surface area contributed by atoms with Crippen LogP contribution in [0.25, 0.3) is 0 Å². The van der Waals surface area contributed by atoms with Crippen LogP contribution in [0.1, 0.15) is 41.0 Å². The first-order chi connectivity index (χ1) is 7.72. The summed E-state index contributed by atoms with van der Waals surface area (Å²) in [5.41, 5.74) is 0.223. The van der Waals surface area contributed by atoms with Crippen LogP contribution in [0.5, 0.6) is 0 Å². The molecule has 0 radical (unpaired) electrons. The van der Waals surface area contributed by atoms with Crippen LogP contribution in [0.2, 0.25) is 0 Å². The molecule has 1 atom stereocenters. The van der Waals surface area contributed by atoms with Crippen LogP contribution in [0, 0.1) is 5.92 Å². The minimum Gasteiger partial charge on any atom is -0.314 e. The van der Waals surface area contributed by atoms with E-state index in [9.17, 15) is 0 Å². The second-order valence-electron chi connectivity index (χ2n) is 6.63. The van der Waals surface area contributed by atoms with Crippen LogP contribution in [0.4, 0.5) is 0 Å². The maximum absolute atomic E-state index is 3.54. The average Bonchev–Trinajstić information content (AvgIpc) is 2.12. The second-order valence-corrected chi connectivity index (χ2v) is 6.63. The van der Waals surface area contributed by atoms with Gasteiger partial charge in [-0.25, -0.2) is 0 Å². The summed E-state index contributed by atoms with van der Waals surface area (Å²) in [5.74, 6) is 0.761. The highest BCUT2D eigenvalue weighted by Crippen LogP contribution is 2.07. The van der Waals surface area contributed by atoms with Crippen molar-refractivity contribution in [3.8, 4) is 0 Å². The molecule has 0 spiro atoms. The number of likely N-dealkylation sites (N-methyl/N-ethyl adjacent to an activating group) is 1. The summed E-state index contributed by atoms with van der Waals surface area (Å²) in [5, 5.41) is 7.03. The summed E-state index contributed by atoms with van der Waals surface area (Å²) in [6.45, 7) is 14.3. The Labute approximate surface area is 108 Å². The van der Waals surface area contributed by atoms with E-state index in [4.69, 9.17) is 0 Å². The molecule has 0 bridgehead atoms. The molecular formula is C14H33N3. The molecule has 2 N–H and O–H groups in total. The van der Waals surface area contributed by atoms with Crippen molar-refractivity contribution in [1.29, 1.82) is 0 Å². The molecule has 0 saturated heterocycles. The molecule has 0 aliphatic rings. The normalized spacial score (nSPS) is 14.6. The van der Waals surface area contributed by atoms with E-state index in [1.54, 1.807) is 0 Å². The summed E-state index contributed by atoms with van der Waals surface area (Å²) >= 11 is 0. The standard InChI is InChI=1S/C14H33N3/c1-12(2)10-13(17(6)7)11-15-8-9-16-14(3,4)5/h12-13,15-16H,8-11H2,1-7H3. The SMILES string of the molecule is CC(C)CC(CNCCNC(C)(C)C)N(C)C. The van der Waals surface area contributed by atoms with E-state index in [0.717, 1.165) is 25.6 Å². The van der Waals surface area contributed by atoms with Crippen molar-refractivity contribution in [3.05, 3.63) is 0 Å². The topological polar surface area (TPSA) is 27.3 Å². The summed E-state index contributed by atoms with van der Waals surface area (Å²) in [4.78, 5) is 2.32. The van der Waals surface area contributed by atoms with E-state index in [1.165, 1.54) is 6.42 Å². The van der Waals surface area contributed by atoms with Crippen LogP contribution in [0.15, 0.2) is 0 Å². The highest BCUT2D eigenvalue weighted by atomic mass is 15.1. The van der Waals surface area contributed by atoms with Crippen LogP contribution >= 0.6 is 0 Å². The Hall–Kier alpha value is -0.120. The average molecular weight is 243 g/mol. The number of rotatable bonds is 8. The number of hydrogen-bond donors (Lipinski definition) is 2. The number of nitrogens with zero attached hydrogens (tertiary/aromatic N) is 1.